The second-order valence-corrected chi connectivity index (χ2v) is 3.88. The van der Waals surface area contributed by atoms with Crippen molar-refractivity contribution in [2.75, 3.05) is 18.0 Å². The molecule has 0 atom stereocenters. The lowest BCUT2D eigenvalue weighted by molar-refractivity contribution is 0.475. The molecule has 0 aliphatic heterocycles. The van der Waals surface area contributed by atoms with Crippen molar-refractivity contribution in [3.05, 3.63) is 54.1 Å². The largest absolute Gasteiger partial charge is 0.508 e. The summed E-state index contributed by atoms with van der Waals surface area (Å²) in [5.74, 6) is 0.306. The van der Waals surface area contributed by atoms with E-state index in [4.69, 9.17) is 22.3 Å². The van der Waals surface area contributed by atoms with Crippen LogP contribution in [0.3, 0.4) is 0 Å². The SMILES string of the molecule is NCCc1ccc(O)cc1.Nc1cccc(N)c1. The molecule has 4 nitrogen and oxygen atoms in total. The van der Waals surface area contributed by atoms with Gasteiger partial charge in [-0.05, 0) is 48.9 Å². The average Bonchev–Trinajstić information content (AvgIpc) is 2.33. The van der Waals surface area contributed by atoms with Crippen molar-refractivity contribution in [1.29, 1.82) is 0 Å². The number of rotatable bonds is 2. The van der Waals surface area contributed by atoms with Crippen LogP contribution in [0.2, 0.25) is 0 Å². The highest BCUT2D eigenvalue weighted by Crippen LogP contribution is 2.09. The molecule has 0 aromatic heterocycles. The molecule has 0 amide bonds. The van der Waals surface area contributed by atoms with E-state index >= 15 is 0 Å². The molecule has 0 radical (unpaired) electrons. The third-order valence-electron chi connectivity index (χ3n) is 2.28. The van der Waals surface area contributed by atoms with Crippen molar-refractivity contribution < 1.29 is 5.11 Å². The summed E-state index contributed by atoms with van der Waals surface area (Å²) in [4.78, 5) is 0. The van der Waals surface area contributed by atoms with E-state index in [1.54, 1.807) is 30.3 Å². The Morgan fingerprint density at radius 1 is 0.889 bits per heavy atom. The smallest absolute Gasteiger partial charge is 0.115 e. The van der Waals surface area contributed by atoms with E-state index in [2.05, 4.69) is 0 Å². The van der Waals surface area contributed by atoms with E-state index in [-0.39, 0.29) is 0 Å². The first kappa shape index (κ1) is 13.9. The van der Waals surface area contributed by atoms with Gasteiger partial charge in [0.25, 0.3) is 0 Å². The van der Waals surface area contributed by atoms with Crippen LogP contribution in [0.5, 0.6) is 5.75 Å². The lowest BCUT2D eigenvalue weighted by Crippen LogP contribution is -2.01. The molecule has 0 bridgehead atoms. The predicted octanol–water partition coefficient (Wildman–Crippen LogP) is 1.74. The van der Waals surface area contributed by atoms with Gasteiger partial charge in [0, 0.05) is 11.4 Å². The zero-order chi connectivity index (χ0) is 13.4. The number of aromatic hydroxyl groups is 1. The Hall–Kier alpha value is -2.20. The molecule has 96 valence electrons. The third kappa shape index (κ3) is 5.23. The van der Waals surface area contributed by atoms with E-state index in [1.165, 1.54) is 5.56 Å². The minimum Gasteiger partial charge on any atom is -0.508 e. The zero-order valence-electron chi connectivity index (χ0n) is 10.2. The highest BCUT2D eigenvalue weighted by molar-refractivity contribution is 5.50. The van der Waals surface area contributed by atoms with Gasteiger partial charge in [0.2, 0.25) is 0 Å². The monoisotopic (exact) mass is 245 g/mol. The summed E-state index contributed by atoms with van der Waals surface area (Å²) in [6.45, 7) is 0.658. The fourth-order valence-corrected chi connectivity index (χ4v) is 1.39. The molecule has 2 rings (SSSR count). The Morgan fingerprint density at radius 3 is 1.83 bits per heavy atom. The van der Waals surface area contributed by atoms with Gasteiger partial charge in [0.05, 0.1) is 0 Å². The standard InChI is InChI=1S/C8H11NO.C6H8N2/c9-6-5-7-1-3-8(10)4-2-7;7-5-2-1-3-6(8)4-5/h1-4,10H,5-6,9H2;1-4H,7-8H2. The number of hydrogen-bond donors (Lipinski definition) is 4. The van der Waals surface area contributed by atoms with Crippen LogP contribution in [0.4, 0.5) is 11.4 Å². The maximum absolute atomic E-state index is 8.89. The van der Waals surface area contributed by atoms with Crippen LogP contribution >= 0.6 is 0 Å². The van der Waals surface area contributed by atoms with Crippen molar-refractivity contribution >= 4 is 11.4 Å². The van der Waals surface area contributed by atoms with Crippen LogP contribution in [0.25, 0.3) is 0 Å². The number of hydrogen-bond acceptors (Lipinski definition) is 4. The van der Waals surface area contributed by atoms with E-state index in [0.29, 0.717) is 23.7 Å². The molecule has 0 saturated heterocycles. The molecule has 0 aliphatic rings. The van der Waals surface area contributed by atoms with Crippen LogP contribution in [0, 0.1) is 0 Å². The lowest BCUT2D eigenvalue weighted by Gasteiger charge is -1.96. The fraction of sp³-hybridized carbons (Fsp3) is 0.143. The van der Waals surface area contributed by atoms with Crippen molar-refractivity contribution in [2.24, 2.45) is 5.73 Å². The Bertz CT molecular complexity index is 451. The molecule has 2 aromatic carbocycles. The molecule has 0 heterocycles. The van der Waals surface area contributed by atoms with Crippen LogP contribution < -0.4 is 17.2 Å². The van der Waals surface area contributed by atoms with Gasteiger partial charge in [0.15, 0.2) is 0 Å². The summed E-state index contributed by atoms with van der Waals surface area (Å²) in [7, 11) is 0. The first-order chi connectivity index (χ1) is 8.61. The van der Waals surface area contributed by atoms with E-state index in [1.807, 2.05) is 18.2 Å². The highest BCUT2D eigenvalue weighted by atomic mass is 16.3. The molecule has 4 heteroatoms. The topological polar surface area (TPSA) is 98.3 Å². The molecule has 0 aliphatic carbocycles. The summed E-state index contributed by atoms with van der Waals surface area (Å²) >= 11 is 0. The Labute approximate surface area is 107 Å². The van der Waals surface area contributed by atoms with Gasteiger partial charge in [-0.15, -0.1) is 0 Å². The summed E-state index contributed by atoms with van der Waals surface area (Å²) < 4.78 is 0. The second kappa shape index (κ2) is 7.19. The average molecular weight is 245 g/mol. The van der Waals surface area contributed by atoms with Crippen molar-refractivity contribution in [3.8, 4) is 5.75 Å². The maximum Gasteiger partial charge on any atom is 0.115 e. The van der Waals surface area contributed by atoms with Crippen LogP contribution in [0.15, 0.2) is 48.5 Å². The van der Waals surface area contributed by atoms with Crippen LogP contribution in [0.1, 0.15) is 5.56 Å². The van der Waals surface area contributed by atoms with Crippen molar-refractivity contribution in [3.63, 3.8) is 0 Å². The number of nitrogens with two attached hydrogens (primary N) is 3. The summed E-state index contributed by atoms with van der Waals surface area (Å²) in [5, 5.41) is 8.89. The van der Waals surface area contributed by atoms with E-state index in [0.717, 1.165) is 6.42 Å². The fourth-order valence-electron chi connectivity index (χ4n) is 1.39. The number of anilines is 2. The lowest BCUT2D eigenvalue weighted by atomic mass is 10.1. The van der Waals surface area contributed by atoms with Gasteiger partial charge >= 0.3 is 0 Å². The minimum absolute atomic E-state index is 0.306. The van der Waals surface area contributed by atoms with Crippen molar-refractivity contribution in [1.82, 2.24) is 0 Å². The third-order valence-corrected chi connectivity index (χ3v) is 2.28. The Kier molecular flexibility index (Phi) is 5.54. The molecule has 0 spiro atoms. The highest BCUT2D eigenvalue weighted by Gasteiger charge is 1.89. The molecular formula is C14H19N3O. The minimum atomic E-state index is 0.306. The first-order valence-electron chi connectivity index (χ1n) is 5.71. The van der Waals surface area contributed by atoms with Crippen LogP contribution in [-0.2, 0) is 6.42 Å². The molecule has 2 aromatic rings. The Morgan fingerprint density at radius 2 is 1.44 bits per heavy atom. The predicted molar refractivity (Wildman–Crippen MR) is 76.1 cm³/mol. The molecule has 0 fully saturated rings. The van der Waals surface area contributed by atoms with Gasteiger partial charge in [-0.25, -0.2) is 0 Å². The normalized spacial score (nSPS) is 9.39. The van der Waals surface area contributed by atoms with Gasteiger partial charge in [-0.2, -0.15) is 0 Å². The van der Waals surface area contributed by atoms with Gasteiger partial charge in [-0.1, -0.05) is 18.2 Å². The van der Waals surface area contributed by atoms with E-state index < -0.39 is 0 Å². The Balaban J connectivity index is 0.000000184. The number of benzene rings is 2. The first-order valence-corrected chi connectivity index (χ1v) is 5.71. The molecule has 7 N–H and O–H groups in total. The quantitative estimate of drug-likeness (QED) is 0.606. The van der Waals surface area contributed by atoms with Gasteiger partial charge in [-0.3, -0.25) is 0 Å². The van der Waals surface area contributed by atoms with Gasteiger partial charge in [0.1, 0.15) is 5.75 Å². The summed E-state index contributed by atoms with van der Waals surface area (Å²) in [6.07, 6.45) is 0.875. The van der Waals surface area contributed by atoms with Gasteiger partial charge < -0.3 is 22.3 Å². The van der Waals surface area contributed by atoms with Crippen LogP contribution in [-0.4, -0.2) is 11.7 Å². The van der Waals surface area contributed by atoms with Crippen molar-refractivity contribution in [2.45, 2.75) is 6.42 Å². The molecule has 0 saturated carbocycles. The second-order valence-electron chi connectivity index (χ2n) is 3.88. The number of phenols is 1. The van der Waals surface area contributed by atoms with E-state index in [9.17, 15) is 0 Å². The molecular weight excluding hydrogens is 226 g/mol. The number of phenolic OH excluding ortho intramolecular Hbond substituents is 1. The summed E-state index contributed by atoms with van der Waals surface area (Å²) in [5.41, 5.74) is 18.7. The molecule has 18 heavy (non-hydrogen) atoms. The molecule has 0 unspecified atom stereocenters. The zero-order valence-corrected chi connectivity index (χ0v) is 10.2. The summed E-state index contributed by atoms with van der Waals surface area (Å²) in [6, 6.07) is 14.2. The number of nitrogen functional groups attached to an aromatic ring is 2. The maximum atomic E-state index is 8.89.